The van der Waals surface area contributed by atoms with Crippen molar-refractivity contribution in [3.8, 4) is 5.75 Å². The molecule has 2 N–H and O–H groups in total. The smallest absolute Gasteiger partial charge is 0.427 e. The molecule has 7 nitrogen and oxygen atoms in total. The Morgan fingerprint density at radius 2 is 2.13 bits per heavy atom. The predicted octanol–water partition coefficient (Wildman–Crippen LogP) is 3.71. The van der Waals surface area contributed by atoms with E-state index in [2.05, 4.69) is 17.4 Å². The minimum atomic E-state index is -0.647. The Hall–Kier alpha value is -2.71. The minimum Gasteiger partial charge on any atom is -0.463 e. The van der Waals surface area contributed by atoms with Crippen LogP contribution in [-0.2, 0) is 9.53 Å². The number of amides is 1. The van der Waals surface area contributed by atoms with Gasteiger partial charge in [-0.3, -0.25) is 5.43 Å². The highest BCUT2D eigenvalue weighted by molar-refractivity contribution is 7.98. The van der Waals surface area contributed by atoms with Crippen LogP contribution in [0.1, 0.15) is 25.3 Å². The Morgan fingerprint density at radius 3 is 2.83 bits per heavy atom. The highest BCUT2D eigenvalue weighted by Crippen LogP contribution is 2.34. The molecule has 1 aromatic rings. The van der Waals surface area contributed by atoms with E-state index in [1.165, 1.54) is 0 Å². The van der Waals surface area contributed by atoms with Crippen LogP contribution in [0.2, 0.25) is 0 Å². The lowest BCUT2D eigenvalue weighted by Crippen LogP contribution is -2.45. The van der Waals surface area contributed by atoms with Gasteiger partial charge in [0.15, 0.2) is 0 Å². The number of nitrogens with one attached hydrogen (secondary N) is 2. The van der Waals surface area contributed by atoms with Crippen molar-refractivity contribution in [2.45, 2.75) is 25.8 Å². The number of rotatable bonds is 10. The van der Waals surface area contributed by atoms with Crippen LogP contribution >= 0.6 is 11.8 Å². The van der Waals surface area contributed by atoms with Gasteiger partial charge in [-0.1, -0.05) is 24.3 Å². The summed E-state index contributed by atoms with van der Waals surface area (Å²) in [7, 11) is 1.84. The molecule has 1 aliphatic heterocycles. The van der Waals surface area contributed by atoms with E-state index in [0.717, 1.165) is 12.2 Å². The fourth-order valence-corrected chi connectivity index (χ4v) is 3.48. The average Bonchev–Trinajstić information content (AvgIpc) is 2.74. The number of ether oxygens (including phenoxy) is 2. The van der Waals surface area contributed by atoms with E-state index in [1.54, 1.807) is 36.9 Å². The topological polar surface area (TPSA) is 79.9 Å². The summed E-state index contributed by atoms with van der Waals surface area (Å²) in [5, 5.41) is 0. The molecule has 0 bridgehead atoms. The third kappa shape index (κ3) is 6.40. The molecular weight excluding hydrogens is 402 g/mol. The molecule has 8 heteroatoms. The van der Waals surface area contributed by atoms with Crippen molar-refractivity contribution in [1.82, 2.24) is 15.8 Å². The lowest BCUT2D eigenvalue weighted by molar-refractivity contribution is -0.138. The summed E-state index contributed by atoms with van der Waals surface area (Å²) in [4.78, 5) is 26.7. The monoisotopic (exact) mass is 431 g/mol. The molecule has 0 saturated carbocycles. The number of thioether (sulfide) groups is 1. The van der Waals surface area contributed by atoms with Crippen LogP contribution in [0, 0.1) is 0 Å². The SMILES string of the molecule is C=C[C@H](CCSC)NNC(=O)Oc1ccccc1C1=C(C(=O)OCC)CC=CN1C. The molecule has 1 heterocycles. The molecule has 30 heavy (non-hydrogen) atoms. The number of hydrogen-bond donors (Lipinski definition) is 2. The zero-order valence-electron chi connectivity index (χ0n) is 17.6. The molecule has 2 rings (SSSR count). The van der Waals surface area contributed by atoms with E-state index in [4.69, 9.17) is 9.47 Å². The summed E-state index contributed by atoms with van der Waals surface area (Å²) in [6, 6.07) is 7.04. The van der Waals surface area contributed by atoms with Crippen LogP contribution < -0.4 is 15.6 Å². The van der Waals surface area contributed by atoms with Gasteiger partial charge in [-0.15, -0.1) is 6.58 Å². The van der Waals surface area contributed by atoms with Crippen molar-refractivity contribution < 1.29 is 19.1 Å². The number of allylic oxidation sites excluding steroid dienone is 1. The fraction of sp³-hybridized carbons (Fsp3) is 0.364. The normalized spacial score (nSPS) is 14.3. The quantitative estimate of drug-likeness (QED) is 0.332. The van der Waals surface area contributed by atoms with E-state index in [0.29, 0.717) is 29.0 Å². The first-order valence-electron chi connectivity index (χ1n) is 9.75. The maximum absolute atomic E-state index is 12.5. The maximum atomic E-state index is 12.5. The summed E-state index contributed by atoms with van der Waals surface area (Å²) in [5.41, 5.74) is 7.27. The number of nitrogens with zero attached hydrogens (tertiary/aromatic N) is 1. The van der Waals surface area contributed by atoms with E-state index in [-0.39, 0.29) is 18.6 Å². The van der Waals surface area contributed by atoms with Gasteiger partial charge in [0.25, 0.3) is 0 Å². The highest BCUT2D eigenvalue weighted by atomic mass is 32.2. The zero-order chi connectivity index (χ0) is 21.9. The summed E-state index contributed by atoms with van der Waals surface area (Å²) in [6.45, 7) is 5.83. The van der Waals surface area contributed by atoms with Crippen molar-refractivity contribution in [3.05, 3.63) is 60.3 Å². The van der Waals surface area contributed by atoms with E-state index in [9.17, 15) is 9.59 Å². The van der Waals surface area contributed by atoms with E-state index < -0.39 is 6.09 Å². The molecule has 0 spiro atoms. The van der Waals surface area contributed by atoms with Crippen molar-refractivity contribution in [1.29, 1.82) is 0 Å². The van der Waals surface area contributed by atoms with Crippen LogP contribution in [0.25, 0.3) is 5.70 Å². The Balaban J connectivity index is 2.21. The van der Waals surface area contributed by atoms with E-state index >= 15 is 0 Å². The molecule has 0 saturated heterocycles. The second kappa shape index (κ2) is 12.1. The van der Waals surface area contributed by atoms with Crippen LogP contribution in [0.15, 0.2) is 54.8 Å². The van der Waals surface area contributed by atoms with Crippen molar-refractivity contribution in [2.75, 3.05) is 25.7 Å². The van der Waals surface area contributed by atoms with Gasteiger partial charge < -0.3 is 14.4 Å². The Morgan fingerprint density at radius 1 is 1.37 bits per heavy atom. The van der Waals surface area contributed by atoms with Gasteiger partial charge >= 0.3 is 12.1 Å². The lowest BCUT2D eigenvalue weighted by atomic mass is 9.99. The molecule has 0 fully saturated rings. The van der Waals surface area contributed by atoms with Crippen molar-refractivity contribution in [3.63, 3.8) is 0 Å². The first kappa shape index (κ1) is 23.6. The molecule has 1 amide bonds. The van der Waals surface area contributed by atoms with Gasteiger partial charge in [-0.2, -0.15) is 11.8 Å². The Bertz CT molecular complexity index is 822. The van der Waals surface area contributed by atoms with Crippen LogP contribution in [0.4, 0.5) is 4.79 Å². The molecule has 162 valence electrons. The predicted molar refractivity (Wildman–Crippen MR) is 121 cm³/mol. The van der Waals surface area contributed by atoms with E-state index in [1.807, 2.05) is 42.6 Å². The Labute approximate surface area is 182 Å². The summed E-state index contributed by atoms with van der Waals surface area (Å²) >= 11 is 1.72. The number of para-hydroxylation sites is 1. The number of benzene rings is 1. The van der Waals surface area contributed by atoms with Gasteiger partial charge in [0.05, 0.1) is 17.9 Å². The molecule has 0 aromatic heterocycles. The number of carbonyl (C=O) groups excluding carboxylic acids is 2. The lowest BCUT2D eigenvalue weighted by Gasteiger charge is -2.26. The van der Waals surface area contributed by atoms with Gasteiger partial charge in [0, 0.05) is 31.3 Å². The summed E-state index contributed by atoms with van der Waals surface area (Å²) < 4.78 is 10.8. The number of carbonyl (C=O) groups is 2. The fourth-order valence-electron chi connectivity index (χ4n) is 2.99. The molecular formula is C22H29N3O4S. The molecule has 0 aliphatic carbocycles. The second-order valence-corrected chi connectivity index (χ2v) is 7.51. The molecule has 1 atom stereocenters. The summed E-state index contributed by atoms with van der Waals surface area (Å²) in [6.07, 6.45) is 8.15. The first-order valence-corrected chi connectivity index (χ1v) is 11.1. The number of hydrogen-bond acceptors (Lipinski definition) is 7. The third-order valence-corrected chi connectivity index (χ3v) is 5.08. The first-order chi connectivity index (χ1) is 14.5. The standard InChI is InChI=1S/C22H29N3O4S/c1-5-16(13-15-30-4)23-24-22(27)29-19-12-8-7-10-17(19)20-18(21(26)28-6-2)11-9-14-25(20)3/h5,7-10,12,14,16,23H,1,6,11,13,15H2,2-4H3,(H,24,27)/t16-/m1/s1. The largest absolute Gasteiger partial charge is 0.463 e. The van der Waals surface area contributed by atoms with Crippen molar-refractivity contribution in [2.24, 2.45) is 0 Å². The number of esters is 1. The molecule has 0 unspecified atom stereocenters. The van der Waals surface area contributed by atoms with Crippen LogP contribution in [0.5, 0.6) is 5.75 Å². The average molecular weight is 432 g/mol. The third-order valence-electron chi connectivity index (χ3n) is 4.43. The number of hydrazine groups is 1. The van der Waals surface area contributed by atoms with Gasteiger partial charge in [-0.25, -0.2) is 15.0 Å². The zero-order valence-corrected chi connectivity index (χ0v) is 18.5. The second-order valence-electron chi connectivity index (χ2n) is 6.53. The van der Waals surface area contributed by atoms with Crippen LogP contribution in [0.3, 0.4) is 0 Å². The highest BCUT2D eigenvalue weighted by Gasteiger charge is 2.25. The van der Waals surface area contributed by atoms with Gasteiger partial charge in [0.1, 0.15) is 5.75 Å². The van der Waals surface area contributed by atoms with Crippen molar-refractivity contribution >= 4 is 29.5 Å². The minimum absolute atomic E-state index is 0.0621. The Kier molecular flexibility index (Phi) is 9.50. The molecule has 1 aromatic carbocycles. The van der Waals surface area contributed by atoms with Gasteiger partial charge in [0.2, 0.25) is 0 Å². The summed E-state index contributed by atoms with van der Waals surface area (Å²) in [5.74, 6) is 0.899. The maximum Gasteiger partial charge on any atom is 0.427 e. The van der Waals surface area contributed by atoms with Gasteiger partial charge in [-0.05, 0) is 37.5 Å². The molecule has 0 radical (unpaired) electrons. The molecule has 1 aliphatic rings. The van der Waals surface area contributed by atoms with Crippen LogP contribution in [-0.4, -0.2) is 48.7 Å².